The van der Waals surface area contributed by atoms with Gasteiger partial charge in [0.05, 0.1) is 0 Å². The first-order valence-electron chi connectivity index (χ1n) is 9.80. The Morgan fingerprint density at radius 3 is 2.53 bits per heavy atom. The van der Waals surface area contributed by atoms with Crippen molar-refractivity contribution in [3.8, 4) is 6.07 Å². The highest BCUT2D eigenvalue weighted by Crippen LogP contribution is 2.20. The molecular formula is C22H27N5O3. The van der Waals surface area contributed by atoms with Crippen molar-refractivity contribution in [2.75, 3.05) is 5.32 Å². The van der Waals surface area contributed by atoms with Crippen LogP contribution in [0.1, 0.15) is 44.1 Å². The van der Waals surface area contributed by atoms with Crippen molar-refractivity contribution in [1.82, 2.24) is 14.5 Å². The van der Waals surface area contributed by atoms with Gasteiger partial charge in [0, 0.05) is 30.3 Å². The maximum Gasteiger partial charge on any atom is 0.349 e. The van der Waals surface area contributed by atoms with E-state index in [2.05, 4.69) is 33.7 Å². The van der Waals surface area contributed by atoms with Crippen molar-refractivity contribution in [3.63, 3.8) is 0 Å². The second-order valence-electron chi connectivity index (χ2n) is 7.44. The first-order valence-corrected chi connectivity index (χ1v) is 9.80. The molecule has 0 aliphatic carbocycles. The Morgan fingerprint density at radius 1 is 1.27 bits per heavy atom. The summed E-state index contributed by atoms with van der Waals surface area (Å²) in [5.74, 6) is -0.765. The first-order chi connectivity index (χ1) is 14.2. The lowest BCUT2D eigenvalue weighted by Gasteiger charge is -2.12. The van der Waals surface area contributed by atoms with E-state index in [-0.39, 0.29) is 11.5 Å². The lowest BCUT2D eigenvalue weighted by molar-refractivity contribution is -0.148. The molecule has 1 amide bonds. The summed E-state index contributed by atoms with van der Waals surface area (Å²) in [7, 11) is 0. The molecule has 1 atom stereocenters. The van der Waals surface area contributed by atoms with Gasteiger partial charge in [-0.15, -0.1) is 0 Å². The number of hydrogen-bond donors (Lipinski definition) is 1. The molecule has 2 aromatic rings. The van der Waals surface area contributed by atoms with E-state index < -0.39 is 18.0 Å². The summed E-state index contributed by atoms with van der Waals surface area (Å²) in [5, 5.41) is 11.9. The molecule has 8 heteroatoms. The van der Waals surface area contributed by atoms with E-state index in [1.807, 2.05) is 26.0 Å². The van der Waals surface area contributed by atoms with Crippen LogP contribution in [0.3, 0.4) is 0 Å². The number of nitrogens with zero attached hydrogens (tertiary/aromatic N) is 4. The van der Waals surface area contributed by atoms with Gasteiger partial charge in [0.2, 0.25) is 5.95 Å². The summed E-state index contributed by atoms with van der Waals surface area (Å²) in [5.41, 5.74) is 2.63. The van der Waals surface area contributed by atoms with Gasteiger partial charge in [0.15, 0.2) is 6.10 Å². The van der Waals surface area contributed by atoms with Crippen LogP contribution in [0.15, 0.2) is 30.1 Å². The monoisotopic (exact) mass is 409 g/mol. The summed E-state index contributed by atoms with van der Waals surface area (Å²) in [4.78, 5) is 32.4. The molecule has 0 aliphatic rings. The van der Waals surface area contributed by atoms with Gasteiger partial charge in [-0.2, -0.15) is 5.26 Å². The highest BCUT2D eigenvalue weighted by atomic mass is 16.5. The van der Waals surface area contributed by atoms with Gasteiger partial charge in [0.1, 0.15) is 11.6 Å². The average Bonchev–Trinajstić information content (AvgIpc) is 2.97. The van der Waals surface area contributed by atoms with Crippen LogP contribution in [0.25, 0.3) is 6.08 Å². The molecule has 2 heterocycles. The standard InChI is InChI=1S/C22H27N5O3/c1-14(2)7-10-27-15(3)11-18(16(27)4)12-19(13-23)21(29)30-17(5)20(28)26-22-24-8-6-9-25-22/h6,8-9,11-12,14,17H,7,10H2,1-5H3,(H,24,25,26,28)/b19-12-. The van der Waals surface area contributed by atoms with Crippen LogP contribution >= 0.6 is 0 Å². The van der Waals surface area contributed by atoms with E-state index in [1.54, 1.807) is 6.07 Å². The summed E-state index contributed by atoms with van der Waals surface area (Å²) in [6.45, 7) is 10.6. The largest absolute Gasteiger partial charge is 0.448 e. The van der Waals surface area contributed by atoms with E-state index in [0.29, 0.717) is 5.92 Å². The van der Waals surface area contributed by atoms with Gasteiger partial charge in [-0.25, -0.2) is 14.8 Å². The van der Waals surface area contributed by atoms with Crippen LogP contribution in [-0.4, -0.2) is 32.5 Å². The average molecular weight is 409 g/mol. The lowest BCUT2D eigenvalue weighted by Crippen LogP contribution is -2.30. The Morgan fingerprint density at radius 2 is 1.93 bits per heavy atom. The van der Waals surface area contributed by atoms with Crippen molar-refractivity contribution in [1.29, 1.82) is 5.26 Å². The third-order valence-electron chi connectivity index (χ3n) is 4.64. The van der Waals surface area contributed by atoms with Gasteiger partial charge < -0.3 is 9.30 Å². The Hall–Kier alpha value is -3.47. The number of carbonyl (C=O) groups is 2. The number of ether oxygens (including phenoxy) is 1. The van der Waals surface area contributed by atoms with Crippen LogP contribution in [0.4, 0.5) is 5.95 Å². The zero-order valence-corrected chi connectivity index (χ0v) is 18.0. The van der Waals surface area contributed by atoms with E-state index in [4.69, 9.17) is 4.74 Å². The highest BCUT2D eigenvalue weighted by Gasteiger charge is 2.22. The number of anilines is 1. The molecule has 0 aliphatic heterocycles. The Bertz CT molecular complexity index is 971. The van der Waals surface area contributed by atoms with Gasteiger partial charge in [0.25, 0.3) is 5.91 Å². The third-order valence-corrected chi connectivity index (χ3v) is 4.64. The number of aryl methyl sites for hydroxylation is 1. The molecule has 0 saturated carbocycles. The summed E-state index contributed by atoms with van der Waals surface area (Å²) >= 11 is 0. The third kappa shape index (κ3) is 6.01. The maximum atomic E-state index is 12.4. The van der Waals surface area contributed by atoms with Gasteiger partial charge in [-0.3, -0.25) is 10.1 Å². The van der Waals surface area contributed by atoms with E-state index in [1.165, 1.54) is 25.4 Å². The quantitative estimate of drug-likeness (QED) is 0.406. The Kier molecular flexibility index (Phi) is 7.87. The van der Waals surface area contributed by atoms with Crippen LogP contribution < -0.4 is 5.32 Å². The number of amides is 1. The van der Waals surface area contributed by atoms with Crippen molar-refractivity contribution < 1.29 is 14.3 Å². The minimum Gasteiger partial charge on any atom is -0.448 e. The van der Waals surface area contributed by atoms with Crippen LogP contribution in [0.5, 0.6) is 0 Å². The molecule has 0 saturated heterocycles. The molecule has 2 aromatic heterocycles. The van der Waals surface area contributed by atoms with Gasteiger partial charge in [-0.1, -0.05) is 13.8 Å². The van der Waals surface area contributed by atoms with Crippen molar-refractivity contribution in [2.45, 2.75) is 53.7 Å². The number of nitriles is 1. The van der Waals surface area contributed by atoms with Crippen LogP contribution in [-0.2, 0) is 20.9 Å². The molecule has 0 aromatic carbocycles. The molecule has 158 valence electrons. The zero-order chi connectivity index (χ0) is 22.3. The zero-order valence-electron chi connectivity index (χ0n) is 18.0. The molecule has 2 rings (SSSR count). The lowest BCUT2D eigenvalue weighted by atomic mass is 10.1. The molecule has 1 unspecified atom stereocenters. The maximum absolute atomic E-state index is 12.4. The topological polar surface area (TPSA) is 110 Å². The smallest absolute Gasteiger partial charge is 0.349 e. The molecule has 30 heavy (non-hydrogen) atoms. The number of hydrogen-bond acceptors (Lipinski definition) is 6. The Balaban J connectivity index is 2.10. The summed E-state index contributed by atoms with van der Waals surface area (Å²) < 4.78 is 7.33. The van der Waals surface area contributed by atoms with Crippen molar-refractivity contribution >= 4 is 23.9 Å². The first kappa shape index (κ1) is 22.8. The summed E-state index contributed by atoms with van der Waals surface area (Å²) in [6, 6.07) is 5.42. The molecular weight excluding hydrogens is 382 g/mol. The van der Waals surface area contributed by atoms with Gasteiger partial charge in [-0.05, 0) is 56.9 Å². The number of nitrogens with one attached hydrogen (secondary N) is 1. The number of rotatable bonds is 8. The van der Waals surface area contributed by atoms with E-state index in [0.717, 1.165) is 29.9 Å². The predicted octanol–water partition coefficient (Wildman–Crippen LogP) is 3.42. The van der Waals surface area contributed by atoms with Crippen LogP contribution in [0.2, 0.25) is 0 Å². The fourth-order valence-electron chi connectivity index (χ4n) is 2.85. The van der Waals surface area contributed by atoms with Gasteiger partial charge >= 0.3 is 5.97 Å². The predicted molar refractivity (Wildman–Crippen MR) is 113 cm³/mol. The van der Waals surface area contributed by atoms with Crippen LogP contribution in [0, 0.1) is 31.1 Å². The second kappa shape index (κ2) is 10.3. The molecule has 0 radical (unpaired) electrons. The molecule has 1 N–H and O–H groups in total. The number of carbonyl (C=O) groups excluding carboxylic acids is 2. The van der Waals surface area contributed by atoms with Crippen molar-refractivity contribution in [2.24, 2.45) is 5.92 Å². The highest BCUT2D eigenvalue weighted by molar-refractivity contribution is 6.00. The van der Waals surface area contributed by atoms with Crippen molar-refractivity contribution in [3.05, 3.63) is 47.1 Å². The SMILES string of the molecule is Cc1cc(/C=C(/C#N)C(=O)OC(C)C(=O)Nc2ncccn2)c(C)n1CCC(C)C. The molecule has 0 bridgehead atoms. The second-order valence-corrected chi connectivity index (χ2v) is 7.44. The Labute approximate surface area is 176 Å². The fourth-order valence-corrected chi connectivity index (χ4v) is 2.85. The number of esters is 1. The number of aromatic nitrogens is 3. The molecule has 0 fully saturated rings. The van der Waals surface area contributed by atoms with E-state index >= 15 is 0 Å². The van der Waals surface area contributed by atoms with E-state index in [9.17, 15) is 14.9 Å². The normalized spacial score (nSPS) is 12.4. The molecule has 0 spiro atoms. The molecule has 8 nitrogen and oxygen atoms in total. The fraction of sp³-hybridized carbons (Fsp3) is 0.409. The minimum atomic E-state index is -1.11. The summed E-state index contributed by atoms with van der Waals surface area (Å²) in [6.07, 6.45) is 4.38. The minimum absolute atomic E-state index is 0.107.